The summed E-state index contributed by atoms with van der Waals surface area (Å²) in [5.74, 6) is 1.09. The molecule has 0 radical (unpaired) electrons. The van der Waals surface area contributed by atoms with Gasteiger partial charge in [0.2, 0.25) is 5.91 Å². The van der Waals surface area contributed by atoms with Crippen molar-refractivity contribution in [2.24, 2.45) is 0 Å². The van der Waals surface area contributed by atoms with Crippen molar-refractivity contribution in [3.8, 4) is 0 Å². The van der Waals surface area contributed by atoms with Gasteiger partial charge in [-0.15, -0.1) is 0 Å². The van der Waals surface area contributed by atoms with Crippen molar-refractivity contribution in [1.29, 1.82) is 0 Å². The van der Waals surface area contributed by atoms with E-state index in [1.54, 1.807) is 11.8 Å². The van der Waals surface area contributed by atoms with Gasteiger partial charge in [-0.3, -0.25) is 4.79 Å². The van der Waals surface area contributed by atoms with Crippen molar-refractivity contribution < 1.29 is 14.1 Å². The predicted molar refractivity (Wildman–Crippen MR) is 90.9 cm³/mol. The number of carbonyl (C=O) groups is 1. The van der Waals surface area contributed by atoms with E-state index in [1.165, 1.54) is 0 Å². The fourth-order valence-corrected chi connectivity index (χ4v) is 3.21. The Morgan fingerprint density at radius 2 is 2.32 bits per heavy atom. The molecule has 1 fully saturated rings. The Hall–Kier alpha value is -2.67. The van der Waals surface area contributed by atoms with Gasteiger partial charge in [-0.2, -0.15) is 4.98 Å². The number of hydrogen-bond acceptors (Lipinski definition) is 5. The third kappa shape index (κ3) is 3.28. The maximum Gasteiger partial charge on any atom is 0.251 e. The summed E-state index contributed by atoms with van der Waals surface area (Å²) in [6, 6.07) is 7.97. The van der Waals surface area contributed by atoms with Gasteiger partial charge in [0.15, 0.2) is 5.82 Å². The van der Waals surface area contributed by atoms with E-state index in [2.05, 4.69) is 27.3 Å². The van der Waals surface area contributed by atoms with Crippen molar-refractivity contribution in [2.45, 2.75) is 25.8 Å². The minimum absolute atomic E-state index is 0.0818. The number of morpholine rings is 1. The number of ether oxygens (including phenoxy) is 1. The first-order valence-electron chi connectivity index (χ1n) is 8.44. The summed E-state index contributed by atoms with van der Waals surface area (Å²) in [6.07, 6.45) is 3.07. The Labute approximate surface area is 145 Å². The Morgan fingerprint density at radius 1 is 1.40 bits per heavy atom. The maximum absolute atomic E-state index is 12.7. The lowest BCUT2D eigenvalue weighted by atomic mass is 10.1. The molecule has 3 heterocycles. The van der Waals surface area contributed by atoms with E-state index in [0.29, 0.717) is 44.3 Å². The Morgan fingerprint density at radius 3 is 3.16 bits per heavy atom. The molecule has 4 rings (SSSR count). The molecule has 3 aromatic rings. The molecular weight excluding hydrogens is 320 g/mol. The SMILES string of the molecule is Cc1noc(C2COCCN2C(=O)CCc2ccc3[nH]ccc3c2)n1. The smallest absolute Gasteiger partial charge is 0.251 e. The van der Waals surface area contributed by atoms with Crippen LogP contribution in [0, 0.1) is 6.92 Å². The van der Waals surface area contributed by atoms with E-state index < -0.39 is 0 Å². The quantitative estimate of drug-likeness (QED) is 0.788. The fourth-order valence-electron chi connectivity index (χ4n) is 3.21. The van der Waals surface area contributed by atoms with Crippen LogP contribution in [0.1, 0.15) is 29.7 Å². The zero-order valence-corrected chi connectivity index (χ0v) is 14.1. The maximum atomic E-state index is 12.7. The summed E-state index contributed by atoms with van der Waals surface area (Å²) in [5.41, 5.74) is 2.26. The first-order chi connectivity index (χ1) is 12.2. The first kappa shape index (κ1) is 15.8. The number of amides is 1. The molecule has 1 atom stereocenters. The van der Waals surface area contributed by atoms with Crippen molar-refractivity contribution in [3.63, 3.8) is 0 Å². The molecule has 2 aromatic heterocycles. The zero-order valence-electron chi connectivity index (χ0n) is 14.1. The van der Waals surface area contributed by atoms with Crippen LogP contribution in [0.4, 0.5) is 0 Å². The number of nitrogens with one attached hydrogen (secondary N) is 1. The predicted octanol–water partition coefficient (Wildman–Crippen LogP) is 2.39. The van der Waals surface area contributed by atoms with E-state index in [1.807, 2.05) is 18.3 Å². The van der Waals surface area contributed by atoms with Gasteiger partial charge in [0.25, 0.3) is 5.89 Å². The molecule has 0 spiro atoms. The molecule has 1 aromatic carbocycles. The number of carbonyl (C=O) groups excluding carboxylic acids is 1. The summed E-state index contributed by atoms with van der Waals surface area (Å²) in [7, 11) is 0. The summed E-state index contributed by atoms with van der Waals surface area (Å²) in [4.78, 5) is 22.0. The second-order valence-corrected chi connectivity index (χ2v) is 6.26. The molecule has 1 aliphatic heterocycles. The van der Waals surface area contributed by atoms with Crippen LogP contribution < -0.4 is 0 Å². The van der Waals surface area contributed by atoms with Crippen LogP contribution in [0.25, 0.3) is 10.9 Å². The highest BCUT2D eigenvalue weighted by Gasteiger charge is 2.32. The molecule has 7 heteroatoms. The van der Waals surface area contributed by atoms with E-state index in [0.717, 1.165) is 16.5 Å². The number of nitrogens with zero attached hydrogens (tertiary/aromatic N) is 3. The second-order valence-electron chi connectivity index (χ2n) is 6.26. The Kier molecular flexibility index (Phi) is 4.23. The molecule has 0 saturated carbocycles. The standard InChI is InChI=1S/C18H20N4O3/c1-12-20-18(25-21-12)16-11-24-9-8-22(16)17(23)5-3-13-2-4-15-14(10-13)6-7-19-15/h2,4,6-7,10,16,19H,3,5,8-9,11H2,1H3. The van der Waals surface area contributed by atoms with E-state index >= 15 is 0 Å². The van der Waals surface area contributed by atoms with Gasteiger partial charge in [-0.05, 0) is 42.5 Å². The minimum Gasteiger partial charge on any atom is -0.377 e. The molecular formula is C18H20N4O3. The number of H-pyrrole nitrogens is 1. The average Bonchev–Trinajstić information content (AvgIpc) is 3.28. The van der Waals surface area contributed by atoms with Crippen molar-refractivity contribution in [1.82, 2.24) is 20.0 Å². The van der Waals surface area contributed by atoms with Crippen LogP contribution in [-0.2, 0) is 16.0 Å². The summed E-state index contributed by atoms with van der Waals surface area (Å²) in [6.45, 7) is 3.23. The lowest BCUT2D eigenvalue weighted by Crippen LogP contribution is -2.43. The number of fused-ring (bicyclic) bond motifs is 1. The van der Waals surface area contributed by atoms with Gasteiger partial charge >= 0.3 is 0 Å². The molecule has 25 heavy (non-hydrogen) atoms. The third-order valence-electron chi connectivity index (χ3n) is 4.52. The molecule has 1 amide bonds. The van der Waals surface area contributed by atoms with Crippen molar-refractivity contribution >= 4 is 16.8 Å². The molecule has 0 aliphatic carbocycles. The largest absolute Gasteiger partial charge is 0.377 e. The molecule has 130 valence electrons. The van der Waals surface area contributed by atoms with Crippen LogP contribution in [0.3, 0.4) is 0 Å². The molecule has 1 N–H and O–H groups in total. The lowest BCUT2D eigenvalue weighted by Gasteiger charge is -2.33. The molecule has 0 bridgehead atoms. The number of rotatable bonds is 4. The number of aryl methyl sites for hydroxylation is 2. The lowest BCUT2D eigenvalue weighted by molar-refractivity contribution is -0.141. The normalized spacial score (nSPS) is 18.0. The highest BCUT2D eigenvalue weighted by atomic mass is 16.5. The highest BCUT2D eigenvalue weighted by Crippen LogP contribution is 2.24. The summed E-state index contributed by atoms with van der Waals surface area (Å²) >= 11 is 0. The highest BCUT2D eigenvalue weighted by molar-refractivity contribution is 5.80. The van der Waals surface area contributed by atoms with Gasteiger partial charge in [-0.25, -0.2) is 0 Å². The van der Waals surface area contributed by atoms with Crippen LogP contribution in [0.2, 0.25) is 0 Å². The van der Waals surface area contributed by atoms with Gasteiger partial charge in [-0.1, -0.05) is 11.2 Å². The topological polar surface area (TPSA) is 84.3 Å². The fraction of sp³-hybridized carbons (Fsp3) is 0.389. The van der Waals surface area contributed by atoms with Crippen LogP contribution in [0.5, 0.6) is 0 Å². The van der Waals surface area contributed by atoms with E-state index in [-0.39, 0.29) is 11.9 Å². The van der Waals surface area contributed by atoms with Crippen LogP contribution >= 0.6 is 0 Å². The summed E-state index contributed by atoms with van der Waals surface area (Å²) < 4.78 is 10.8. The number of aromatic amines is 1. The van der Waals surface area contributed by atoms with Gasteiger partial charge in [0.05, 0.1) is 13.2 Å². The van der Waals surface area contributed by atoms with Gasteiger partial charge in [0, 0.05) is 24.7 Å². The molecule has 1 unspecified atom stereocenters. The van der Waals surface area contributed by atoms with Crippen molar-refractivity contribution in [2.75, 3.05) is 19.8 Å². The number of benzene rings is 1. The monoisotopic (exact) mass is 340 g/mol. The molecule has 1 aliphatic rings. The molecule has 1 saturated heterocycles. The zero-order chi connectivity index (χ0) is 17.2. The van der Waals surface area contributed by atoms with Gasteiger partial charge < -0.3 is 19.1 Å². The van der Waals surface area contributed by atoms with Crippen molar-refractivity contribution in [3.05, 3.63) is 47.7 Å². The van der Waals surface area contributed by atoms with E-state index in [9.17, 15) is 4.79 Å². The number of aromatic nitrogens is 3. The Balaban J connectivity index is 1.45. The third-order valence-corrected chi connectivity index (χ3v) is 4.52. The average molecular weight is 340 g/mol. The molecule has 7 nitrogen and oxygen atoms in total. The van der Waals surface area contributed by atoms with Crippen LogP contribution in [0.15, 0.2) is 35.0 Å². The summed E-state index contributed by atoms with van der Waals surface area (Å²) in [5, 5.41) is 4.98. The van der Waals surface area contributed by atoms with Gasteiger partial charge in [0.1, 0.15) is 6.04 Å². The van der Waals surface area contributed by atoms with Crippen LogP contribution in [-0.4, -0.2) is 45.7 Å². The number of hydrogen-bond donors (Lipinski definition) is 1. The van der Waals surface area contributed by atoms with E-state index in [4.69, 9.17) is 9.26 Å². The first-order valence-corrected chi connectivity index (χ1v) is 8.44. The Bertz CT molecular complexity index is 885. The second kappa shape index (κ2) is 6.68. The minimum atomic E-state index is -0.297.